The predicted molar refractivity (Wildman–Crippen MR) is 113 cm³/mol. The molecule has 146 valence electrons. The third-order valence-electron chi connectivity index (χ3n) is 4.75. The third-order valence-corrected chi connectivity index (χ3v) is 4.75. The quantitative estimate of drug-likeness (QED) is 0.485. The Labute approximate surface area is 170 Å². The largest absolute Gasteiger partial charge is 0.298 e. The molecule has 0 fully saturated rings. The monoisotopic (exact) mass is 386 g/mol. The number of hydrazine groups is 1. The van der Waals surface area contributed by atoms with Crippen LogP contribution in [0, 0.1) is 0 Å². The summed E-state index contributed by atoms with van der Waals surface area (Å²) >= 11 is 0. The van der Waals surface area contributed by atoms with Gasteiger partial charge in [0.25, 0.3) is 11.8 Å². The van der Waals surface area contributed by atoms with Crippen molar-refractivity contribution < 1.29 is 14.4 Å². The van der Waals surface area contributed by atoms with Crippen molar-refractivity contribution in [2.45, 2.75) is 6.92 Å². The van der Waals surface area contributed by atoms with E-state index in [4.69, 9.17) is 0 Å². The number of hydrogen-bond acceptors (Lipinski definition) is 3. The molecule has 0 spiro atoms. The van der Waals surface area contributed by atoms with Crippen molar-refractivity contribution in [3.63, 3.8) is 0 Å². The van der Waals surface area contributed by atoms with Gasteiger partial charge in [0.15, 0.2) is 6.29 Å². The van der Waals surface area contributed by atoms with Crippen molar-refractivity contribution in [3.8, 4) is 11.1 Å². The molecular weight excluding hydrogens is 364 g/mol. The van der Waals surface area contributed by atoms with Gasteiger partial charge in [0, 0.05) is 24.7 Å². The van der Waals surface area contributed by atoms with Crippen LogP contribution in [0.1, 0.15) is 38.0 Å². The minimum Gasteiger partial charge on any atom is -0.298 e. The molecule has 0 atom stereocenters. The molecule has 0 N–H and O–H groups in total. The second-order valence-corrected chi connectivity index (χ2v) is 6.50. The van der Waals surface area contributed by atoms with Crippen molar-refractivity contribution in [1.29, 1.82) is 0 Å². The van der Waals surface area contributed by atoms with Crippen LogP contribution in [0.3, 0.4) is 0 Å². The van der Waals surface area contributed by atoms with Gasteiger partial charge in [-0.3, -0.25) is 19.4 Å². The van der Waals surface area contributed by atoms with E-state index < -0.39 is 5.91 Å². The van der Waals surface area contributed by atoms with E-state index in [0.717, 1.165) is 11.1 Å². The van der Waals surface area contributed by atoms with Crippen molar-refractivity contribution in [1.82, 2.24) is 10.0 Å². The Hall–Kier alpha value is -3.73. The molecule has 0 saturated heterocycles. The van der Waals surface area contributed by atoms with E-state index in [1.54, 1.807) is 43.3 Å². The summed E-state index contributed by atoms with van der Waals surface area (Å²) in [6.07, 6.45) is 0.640. The molecule has 3 aromatic carbocycles. The Balaban J connectivity index is 1.82. The van der Waals surface area contributed by atoms with E-state index in [0.29, 0.717) is 24.0 Å². The van der Waals surface area contributed by atoms with Gasteiger partial charge in [-0.25, -0.2) is 5.01 Å². The first-order valence-electron chi connectivity index (χ1n) is 9.36. The fourth-order valence-corrected chi connectivity index (χ4v) is 3.16. The lowest BCUT2D eigenvalue weighted by atomic mass is 10.0. The van der Waals surface area contributed by atoms with E-state index in [-0.39, 0.29) is 11.5 Å². The van der Waals surface area contributed by atoms with Gasteiger partial charge in [-0.1, -0.05) is 60.7 Å². The lowest BCUT2D eigenvalue weighted by molar-refractivity contribution is 0.00995. The van der Waals surface area contributed by atoms with Gasteiger partial charge < -0.3 is 0 Å². The van der Waals surface area contributed by atoms with Gasteiger partial charge in [-0.2, -0.15) is 0 Å². The predicted octanol–water partition coefficient (Wildman–Crippen LogP) is 4.32. The zero-order valence-electron chi connectivity index (χ0n) is 16.4. The van der Waals surface area contributed by atoms with Crippen LogP contribution in [0.2, 0.25) is 0 Å². The summed E-state index contributed by atoms with van der Waals surface area (Å²) in [5.41, 5.74) is 3.11. The number of amides is 2. The molecule has 0 saturated carbocycles. The van der Waals surface area contributed by atoms with E-state index in [2.05, 4.69) is 0 Å². The molecule has 0 aliphatic heterocycles. The van der Waals surface area contributed by atoms with Crippen LogP contribution >= 0.6 is 0 Å². The Kier molecular flexibility index (Phi) is 6.19. The molecule has 2 amide bonds. The molecule has 29 heavy (non-hydrogen) atoms. The van der Waals surface area contributed by atoms with Crippen LogP contribution in [0.25, 0.3) is 11.1 Å². The Morgan fingerprint density at radius 2 is 1.38 bits per heavy atom. The molecule has 0 bridgehead atoms. The average Bonchev–Trinajstić information content (AvgIpc) is 2.79. The number of hydrogen-bond donors (Lipinski definition) is 0. The topological polar surface area (TPSA) is 57.7 Å². The zero-order chi connectivity index (χ0) is 20.8. The highest BCUT2D eigenvalue weighted by Gasteiger charge is 2.24. The molecule has 0 aromatic heterocycles. The third kappa shape index (κ3) is 4.24. The molecule has 5 nitrogen and oxygen atoms in total. The number of benzene rings is 3. The molecule has 3 aromatic rings. The lowest BCUT2D eigenvalue weighted by Crippen LogP contribution is -2.47. The smallest absolute Gasteiger partial charge is 0.272 e. The average molecular weight is 386 g/mol. The second kappa shape index (κ2) is 8.97. The summed E-state index contributed by atoms with van der Waals surface area (Å²) in [4.78, 5) is 37.1. The van der Waals surface area contributed by atoms with Gasteiger partial charge >= 0.3 is 0 Å². The molecular formula is C24H22N2O3. The molecule has 0 radical (unpaired) electrons. The van der Waals surface area contributed by atoms with E-state index >= 15 is 0 Å². The molecule has 3 rings (SSSR count). The summed E-state index contributed by atoms with van der Waals surface area (Å²) < 4.78 is 0. The summed E-state index contributed by atoms with van der Waals surface area (Å²) in [7, 11) is 1.53. The minimum absolute atomic E-state index is 0.260. The summed E-state index contributed by atoms with van der Waals surface area (Å²) in [5, 5.41) is 2.62. The Bertz CT molecular complexity index is 1010. The van der Waals surface area contributed by atoms with Gasteiger partial charge in [0.1, 0.15) is 0 Å². The van der Waals surface area contributed by atoms with Gasteiger partial charge in [-0.15, -0.1) is 0 Å². The van der Waals surface area contributed by atoms with Gasteiger partial charge in [0.2, 0.25) is 0 Å². The second-order valence-electron chi connectivity index (χ2n) is 6.50. The number of rotatable bonds is 5. The van der Waals surface area contributed by atoms with Crippen molar-refractivity contribution >= 4 is 18.1 Å². The molecule has 0 aliphatic rings. The SMILES string of the molecule is CCN(C(=O)c1ccc(-c2ccccc2)cc1)N(C)C(=O)c1ccccc1C=O. The number of carbonyl (C=O) groups is 3. The molecule has 5 heteroatoms. The Morgan fingerprint density at radius 3 is 2.00 bits per heavy atom. The van der Waals surface area contributed by atoms with E-state index in [9.17, 15) is 14.4 Å². The Morgan fingerprint density at radius 1 is 0.793 bits per heavy atom. The first-order valence-corrected chi connectivity index (χ1v) is 9.36. The highest BCUT2D eigenvalue weighted by molar-refractivity contribution is 6.03. The van der Waals surface area contributed by atoms with E-state index in [1.807, 2.05) is 42.5 Å². The van der Waals surface area contributed by atoms with Crippen LogP contribution in [0.5, 0.6) is 0 Å². The highest BCUT2D eigenvalue weighted by atomic mass is 16.2. The van der Waals surface area contributed by atoms with Crippen LogP contribution in [0.4, 0.5) is 0 Å². The lowest BCUT2D eigenvalue weighted by Gasteiger charge is -2.31. The maximum atomic E-state index is 13.0. The number of aldehydes is 1. The van der Waals surface area contributed by atoms with Crippen molar-refractivity contribution in [2.24, 2.45) is 0 Å². The van der Waals surface area contributed by atoms with Crippen LogP contribution in [-0.2, 0) is 0 Å². The van der Waals surface area contributed by atoms with Gasteiger partial charge in [0.05, 0.1) is 5.56 Å². The fraction of sp³-hybridized carbons (Fsp3) is 0.125. The summed E-state index contributed by atoms with van der Waals surface area (Å²) in [5.74, 6) is -0.699. The minimum atomic E-state index is -0.413. The molecule has 0 unspecified atom stereocenters. The zero-order valence-corrected chi connectivity index (χ0v) is 16.4. The number of carbonyl (C=O) groups excluding carboxylic acids is 3. The maximum Gasteiger partial charge on any atom is 0.272 e. The van der Waals surface area contributed by atoms with Crippen LogP contribution in [-0.4, -0.2) is 41.7 Å². The molecule has 0 heterocycles. The summed E-state index contributed by atoms with van der Waals surface area (Å²) in [6, 6.07) is 23.7. The van der Waals surface area contributed by atoms with Crippen LogP contribution in [0.15, 0.2) is 78.9 Å². The van der Waals surface area contributed by atoms with E-state index in [1.165, 1.54) is 17.1 Å². The maximum absolute atomic E-state index is 13.0. The highest BCUT2D eigenvalue weighted by Crippen LogP contribution is 2.20. The van der Waals surface area contributed by atoms with Crippen LogP contribution < -0.4 is 0 Å². The van der Waals surface area contributed by atoms with Crippen molar-refractivity contribution in [2.75, 3.05) is 13.6 Å². The fourth-order valence-electron chi connectivity index (χ4n) is 3.16. The molecule has 0 aliphatic carbocycles. The van der Waals surface area contributed by atoms with Gasteiger partial charge in [-0.05, 0) is 36.2 Å². The normalized spacial score (nSPS) is 10.3. The standard InChI is InChI=1S/C24H22N2O3/c1-3-26(25(2)24(29)22-12-8-7-11-21(22)17-27)23(28)20-15-13-19(14-16-20)18-9-5-4-6-10-18/h4-17H,3H2,1-2H3. The number of nitrogens with zero attached hydrogens (tertiary/aromatic N) is 2. The summed E-state index contributed by atoms with van der Waals surface area (Å²) in [6.45, 7) is 2.11. The first-order chi connectivity index (χ1) is 14.1. The van der Waals surface area contributed by atoms with Crippen molar-refractivity contribution in [3.05, 3.63) is 95.6 Å². The first kappa shape index (κ1) is 20.0.